The Morgan fingerprint density at radius 2 is 2.08 bits per heavy atom. The van der Waals surface area contributed by atoms with Gasteiger partial charge in [0.1, 0.15) is 11.6 Å². The summed E-state index contributed by atoms with van der Waals surface area (Å²) in [6, 6.07) is 3.57. The Morgan fingerprint density at radius 1 is 1.33 bits per heavy atom. The summed E-state index contributed by atoms with van der Waals surface area (Å²) in [5, 5.41) is 9.93. The number of benzene rings is 1. The number of hydrogen-bond donors (Lipinski definition) is 2. The Labute approximate surface area is 136 Å². The van der Waals surface area contributed by atoms with Crippen LogP contribution in [-0.4, -0.2) is 33.5 Å². The predicted octanol–water partition coefficient (Wildman–Crippen LogP) is 1.91. The van der Waals surface area contributed by atoms with Gasteiger partial charge in [-0.15, -0.1) is 0 Å². The fraction of sp³-hybridized carbons (Fsp3) is 0.294. The van der Waals surface area contributed by atoms with Crippen molar-refractivity contribution in [3.05, 3.63) is 69.1 Å². The largest absolute Gasteiger partial charge is 0.391 e. The number of pyridine rings is 1. The van der Waals surface area contributed by atoms with Gasteiger partial charge in [0.05, 0.1) is 17.7 Å². The van der Waals surface area contributed by atoms with Crippen LogP contribution in [0.4, 0.5) is 8.78 Å². The van der Waals surface area contributed by atoms with Crippen molar-refractivity contribution in [2.45, 2.75) is 25.5 Å². The van der Waals surface area contributed by atoms with Crippen LogP contribution in [0.15, 0.2) is 35.3 Å². The van der Waals surface area contributed by atoms with Crippen molar-refractivity contribution >= 4 is 5.91 Å². The standard InChI is InChI=1S/C17H16F2N2O3/c1-9-4-16(23)20-7-13(9)17(24)21-8-11(22)6-15(21)12-5-10(18)2-3-14(12)19/h2-5,7,11,15,22H,6,8H2,1H3,(H,20,23)/t11-,15-/m1/s1. The van der Waals surface area contributed by atoms with Gasteiger partial charge in [-0.1, -0.05) is 0 Å². The maximum absolute atomic E-state index is 14.1. The summed E-state index contributed by atoms with van der Waals surface area (Å²) in [7, 11) is 0. The van der Waals surface area contributed by atoms with E-state index in [9.17, 15) is 23.5 Å². The highest BCUT2D eigenvalue weighted by Crippen LogP contribution is 2.35. The molecule has 24 heavy (non-hydrogen) atoms. The molecule has 1 amide bonds. The first kappa shape index (κ1) is 16.3. The van der Waals surface area contributed by atoms with Crippen LogP contribution < -0.4 is 5.56 Å². The van der Waals surface area contributed by atoms with Crippen LogP contribution in [0.1, 0.15) is 33.9 Å². The summed E-state index contributed by atoms with van der Waals surface area (Å²) in [6.07, 6.45) is 0.586. The summed E-state index contributed by atoms with van der Waals surface area (Å²) in [5.41, 5.74) is 0.425. The minimum Gasteiger partial charge on any atom is -0.391 e. The van der Waals surface area contributed by atoms with E-state index < -0.39 is 29.7 Å². The van der Waals surface area contributed by atoms with E-state index in [-0.39, 0.29) is 29.7 Å². The number of carbonyl (C=O) groups is 1. The monoisotopic (exact) mass is 334 g/mol. The van der Waals surface area contributed by atoms with Crippen molar-refractivity contribution in [2.24, 2.45) is 0 Å². The Morgan fingerprint density at radius 3 is 2.79 bits per heavy atom. The number of halogens is 2. The van der Waals surface area contributed by atoms with Crippen LogP contribution in [0, 0.1) is 18.6 Å². The number of nitrogens with one attached hydrogen (secondary N) is 1. The van der Waals surface area contributed by atoms with E-state index in [1.807, 2.05) is 0 Å². The number of aliphatic hydroxyl groups is 1. The SMILES string of the molecule is Cc1cc(=O)[nH]cc1C(=O)N1C[C@H](O)C[C@@H]1c1cc(F)ccc1F. The van der Waals surface area contributed by atoms with Crippen LogP contribution in [0.3, 0.4) is 0 Å². The average Bonchev–Trinajstić information content (AvgIpc) is 2.91. The third-order valence-corrected chi connectivity index (χ3v) is 4.22. The van der Waals surface area contributed by atoms with Crippen molar-refractivity contribution in [1.29, 1.82) is 0 Å². The number of aromatic amines is 1. The molecule has 0 spiro atoms. The molecule has 0 aliphatic carbocycles. The molecule has 1 aromatic carbocycles. The number of H-pyrrole nitrogens is 1. The van der Waals surface area contributed by atoms with Crippen LogP contribution in [0.2, 0.25) is 0 Å². The third-order valence-electron chi connectivity index (χ3n) is 4.22. The quantitative estimate of drug-likeness (QED) is 0.881. The van der Waals surface area contributed by atoms with Gasteiger partial charge in [0.25, 0.3) is 5.91 Å². The molecule has 0 saturated carbocycles. The van der Waals surface area contributed by atoms with Gasteiger partial charge in [0, 0.05) is 24.4 Å². The molecular formula is C17H16F2N2O3. The van der Waals surface area contributed by atoms with Gasteiger partial charge in [-0.2, -0.15) is 0 Å². The number of nitrogens with zero attached hydrogens (tertiary/aromatic N) is 1. The molecule has 5 nitrogen and oxygen atoms in total. The highest BCUT2D eigenvalue weighted by Gasteiger charge is 2.37. The van der Waals surface area contributed by atoms with E-state index in [0.717, 1.165) is 18.2 Å². The lowest BCUT2D eigenvalue weighted by molar-refractivity contribution is 0.0712. The van der Waals surface area contributed by atoms with E-state index in [4.69, 9.17) is 0 Å². The zero-order valence-corrected chi connectivity index (χ0v) is 12.9. The highest BCUT2D eigenvalue weighted by molar-refractivity contribution is 5.95. The fourth-order valence-electron chi connectivity index (χ4n) is 3.06. The van der Waals surface area contributed by atoms with Crippen LogP contribution >= 0.6 is 0 Å². The van der Waals surface area contributed by atoms with Crippen molar-refractivity contribution < 1.29 is 18.7 Å². The van der Waals surface area contributed by atoms with E-state index in [1.165, 1.54) is 17.2 Å². The predicted molar refractivity (Wildman–Crippen MR) is 82.6 cm³/mol. The first-order valence-corrected chi connectivity index (χ1v) is 7.50. The Balaban J connectivity index is 2.00. The van der Waals surface area contributed by atoms with Crippen molar-refractivity contribution in [2.75, 3.05) is 6.54 Å². The lowest BCUT2D eigenvalue weighted by Crippen LogP contribution is -2.33. The number of β-amino-alcohol motifs (C(OH)–C–C–N with tert-alkyl or cyclic N) is 1. The van der Waals surface area contributed by atoms with Crippen LogP contribution in [0.5, 0.6) is 0 Å². The second-order valence-electron chi connectivity index (χ2n) is 5.92. The van der Waals surface area contributed by atoms with E-state index in [0.29, 0.717) is 5.56 Å². The van der Waals surface area contributed by atoms with Crippen LogP contribution in [0.25, 0.3) is 0 Å². The molecule has 2 aromatic rings. The molecule has 0 bridgehead atoms. The van der Waals surface area contributed by atoms with Crippen molar-refractivity contribution in [3.8, 4) is 0 Å². The number of rotatable bonds is 2. The number of carbonyl (C=O) groups excluding carboxylic acids is 1. The molecule has 1 aromatic heterocycles. The minimum absolute atomic E-state index is 0.0119. The fourth-order valence-corrected chi connectivity index (χ4v) is 3.06. The number of likely N-dealkylation sites (tertiary alicyclic amines) is 1. The van der Waals surface area contributed by atoms with Gasteiger partial charge < -0.3 is 15.0 Å². The Bertz CT molecular complexity index is 850. The summed E-state index contributed by atoms with van der Waals surface area (Å²) >= 11 is 0. The van der Waals surface area contributed by atoms with Gasteiger partial charge >= 0.3 is 0 Å². The molecule has 7 heteroatoms. The number of aliphatic hydroxyl groups excluding tert-OH is 1. The molecule has 1 aliphatic heterocycles. The third kappa shape index (κ3) is 2.94. The minimum atomic E-state index is -0.829. The maximum Gasteiger partial charge on any atom is 0.256 e. The maximum atomic E-state index is 14.1. The van der Waals surface area contributed by atoms with Crippen molar-refractivity contribution in [3.63, 3.8) is 0 Å². The average molecular weight is 334 g/mol. The van der Waals surface area contributed by atoms with Crippen molar-refractivity contribution in [1.82, 2.24) is 9.88 Å². The molecule has 1 saturated heterocycles. The lowest BCUT2D eigenvalue weighted by atomic mass is 10.0. The number of aryl methyl sites for hydroxylation is 1. The molecule has 1 fully saturated rings. The summed E-state index contributed by atoms with van der Waals surface area (Å²) in [6.45, 7) is 1.63. The number of hydrogen-bond acceptors (Lipinski definition) is 3. The van der Waals surface area contributed by atoms with Crippen LogP contribution in [-0.2, 0) is 0 Å². The normalized spacial score (nSPS) is 20.4. The van der Waals surface area contributed by atoms with Gasteiger partial charge in [-0.25, -0.2) is 8.78 Å². The molecule has 2 N–H and O–H groups in total. The molecule has 2 atom stereocenters. The summed E-state index contributed by atoms with van der Waals surface area (Å²) in [5.74, 6) is -1.69. The summed E-state index contributed by atoms with van der Waals surface area (Å²) < 4.78 is 27.6. The van der Waals surface area contributed by atoms with Gasteiger partial charge in [-0.3, -0.25) is 9.59 Å². The number of amides is 1. The van der Waals surface area contributed by atoms with E-state index in [2.05, 4.69) is 4.98 Å². The van der Waals surface area contributed by atoms with Gasteiger partial charge in [0.2, 0.25) is 5.56 Å². The second kappa shape index (κ2) is 6.16. The van der Waals surface area contributed by atoms with E-state index in [1.54, 1.807) is 6.92 Å². The molecule has 2 heterocycles. The first-order valence-electron chi connectivity index (χ1n) is 7.50. The van der Waals surface area contributed by atoms with Gasteiger partial charge in [-0.05, 0) is 37.1 Å². The zero-order valence-electron chi connectivity index (χ0n) is 12.9. The van der Waals surface area contributed by atoms with E-state index >= 15 is 0 Å². The molecule has 3 rings (SSSR count). The number of aromatic nitrogens is 1. The Hall–Kier alpha value is -2.54. The topological polar surface area (TPSA) is 73.4 Å². The zero-order chi connectivity index (χ0) is 17.4. The molecule has 126 valence electrons. The molecule has 0 radical (unpaired) electrons. The lowest BCUT2D eigenvalue weighted by Gasteiger charge is -2.25. The van der Waals surface area contributed by atoms with Gasteiger partial charge in [0.15, 0.2) is 0 Å². The Kier molecular flexibility index (Phi) is 4.19. The smallest absolute Gasteiger partial charge is 0.256 e. The molecule has 1 aliphatic rings. The molecular weight excluding hydrogens is 318 g/mol. The molecule has 0 unspecified atom stereocenters. The highest BCUT2D eigenvalue weighted by atomic mass is 19.1. The second-order valence-corrected chi connectivity index (χ2v) is 5.92. The summed E-state index contributed by atoms with van der Waals surface area (Å²) in [4.78, 5) is 27.8. The first-order chi connectivity index (χ1) is 11.4.